The van der Waals surface area contributed by atoms with Crippen LogP contribution in [-0.2, 0) is 6.54 Å². The zero-order valence-electron chi connectivity index (χ0n) is 11.0. The second-order valence-corrected chi connectivity index (χ2v) is 5.40. The van der Waals surface area contributed by atoms with Crippen LogP contribution in [0.4, 0.5) is 5.82 Å². The van der Waals surface area contributed by atoms with Crippen LogP contribution in [-0.4, -0.2) is 18.1 Å². The van der Waals surface area contributed by atoms with Gasteiger partial charge in [-0.05, 0) is 37.3 Å². The van der Waals surface area contributed by atoms with E-state index in [2.05, 4.69) is 16.8 Å². The predicted molar refractivity (Wildman–Crippen MR) is 77.0 cm³/mol. The summed E-state index contributed by atoms with van der Waals surface area (Å²) in [5.74, 6) is 1.90. The highest BCUT2D eigenvalue weighted by atomic mass is 35.5. The summed E-state index contributed by atoms with van der Waals surface area (Å²) in [5.41, 5.74) is 6.45. The Morgan fingerprint density at radius 1 is 1.39 bits per heavy atom. The van der Waals surface area contributed by atoms with Crippen LogP contribution in [0.2, 0.25) is 5.02 Å². The molecule has 0 amide bonds. The average molecular weight is 268 g/mol. The predicted octanol–water partition coefficient (Wildman–Crippen LogP) is 3.21. The molecule has 0 aromatic carbocycles. The normalized spacial score (nSPS) is 20.8. The Labute approximate surface area is 114 Å². The van der Waals surface area contributed by atoms with Gasteiger partial charge < -0.3 is 10.6 Å². The summed E-state index contributed by atoms with van der Waals surface area (Å²) in [4.78, 5) is 6.94. The highest BCUT2D eigenvalue weighted by Crippen LogP contribution is 2.25. The molecule has 1 aliphatic heterocycles. The van der Waals surface area contributed by atoms with Gasteiger partial charge in [0.25, 0.3) is 0 Å². The molecule has 0 bridgehead atoms. The third kappa shape index (κ3) is 3.15. The lowest BCUT2D eigenvalue weighted by molar-refractivity contribution is 0.459. The molecule has 0 radical (unpaired) electrons. The molecule has 1 unspecified atom stereocenters. The van der Waals surface area contributed by atoms with E-state index >= 15 is 0 Å². The molecular formula is C14H22ClN3. The van der Waals surface area contributed by atoms with Gasteiger partial charge in [0.1, 0.15) is 5.82 Å². The van der Waals surface area contributed by atoms with Gasteiger partial charge >= 0.3 is 0 Å². The zero-order chi connectivity index (χ0) is 13.0. The van der Waals surface area contributed by atoms with Crippen molar-refractivity contribution in [1.29, 1.82) is 0 Å². The lowest BCUT2D eigenvalue weighted by atomic mass is 9.98. The molecule has 0 saturated carbocycles. The molecule has 0 aliphatic carbocycles. The van der Waals surface area contributed by atoms with Crippen LogP contribution in [0.3, 0.4) is 0 Å². The van der Waals surface area contributed by atoms with Gasteiger partial charge in [0, 0.05) is 19.6 Å². The van der Waals surface area contributed by atoms with E-state index in [-0.39, 0.29) is 0 Å². The van der Waals surface area contributed by atoms with E-state index in [1.165, 1.54) is 25.7 Å². The molecule has 100 valence electrons. The largest absolute Gasteiger partial charge is 0.357 e. The monoisotopic (exact) mass is 267 g/mol. The van der Waals surface area contributed by atoms with Crippen LogP contribution in [0.15, 0.2) is 12.1 Å². The Hall–Kier alpha value is -0.800. The van der Waals surface area contributed by atoms with E-state index in [4.69, 9.17) is 17.3 Å². The van der Waals surface area contributed by atoms with Crippen molar-refractivity contribution >= 4 is 17.4 Å². The molecule has 4 heteroatoms. The second kappa shape index (κ2) is 6.39. The first kappa shape index (κ1) is 13.6. The topological polar surface area (TPSA) is 42.1 Å². The van der Waals surface area contributed by atoms with Crippen molar-refractivity contribution in [3.63, 3.8) is 0 Å². The van der Waals surface area contributed by atoms with Crippen molar-refractivity contribution in [2.75, 3.05) is 18.0 Å². The summed E-state index contributed by atoms with van der Waals surface area (Å²) in [5, 5.41) is 0.669. The lowest BCUT2D eigenvalue weighted by Crippen LogP contribution is -2.25. The van der Waals surface area contributed by atoms with Crippen molar-refractivity contribution < 1.29 is 0 Å². The van der Waals surface area contributed by atoms with Crippen LogP contribution in [0, 0.1) is 5.92 Å². The van der Waals surface area contributed by atoms with E-state index < -0.39 is 0 Å². The van der Waals surface area contributed by atoms with E-state index in [1.54, 1.807) is 0 Å². The van der Waals surface area contributed by atoms with Gasteiger partial charge in [-0.15, -0.1) is 0 Å². The van der Waals surface area contributed by atoms with Gasteiger partial charge in [-0.1, -0.05) is 24.9 Å². The van der Waals surface area contributed by atoms with E-state index in [0.29, 0.717) is 11.6 Å². The van der Waals surface area contributed by atoms with E-state index in [9.17, 15) is 0 Å². The Bertz CT molecular complexity index is 395. The molecule has 1 saturated heterocycles. The minimum atomic E-state index is 0.401. The zero-order valence-corrected chi connectivity index (χ0v) is 11.8. The molecular weight excluding hydrogens is 246 g/mol. The Kier molecular flexibility index (Phi) is 4.84. The fourth-order valence-electron chi connectivity index (χ4n) is 2.59. The van der Waals surface area contributed by atoms with Crippen LogP contribution in [0.5, 0.6) is 0 Å². The van der Waals surface area contributed by atoms with Gasteiger partial charge in [0.15, 0.2) is 0 Å². The van der Waals surface area contributed by atoms with Crippen molar-refractivity contribution in [3.8, 4) is 0 Å². The smallest absolute Gasteiger partial charge is 0.128 e. The van der Waals surface area contributed by atoms with Crippen molar-refractivity contribution in [3.05, 3.63) is 22.8 Å². The number of pyridine rings is 1. The van der Waals surface area contributed by atoms with Gasteiger partial charge in [-0.25, -0.2) is 4.98 Å². The summed E-state index contributed by atoms with van der Waals surface area (Å²) in [6.45, 7) is 4.87. The molecule has 18 heavy (non-hydrogen) atoms. The standard InChI is InChI=1S/C14H22ClN3/c1-2-11-4-3-8-18(9-7-11)14-6-5-12(15)13(10-16)17-14/h5-6,11H,2-4,7-10,16H2,1H3. The number of anilines is 1. The molecule has 1 aliphatic rings. The summed E-state index contributed by atoms with van der Waals surface area (Å²) >= 11 is 6.05. The third-order valence-corrected chi connectivity index (χ3v) is 4.19. The maximum atomic E-state index is 6.05. The first-order chi connectivity index (χ1) is 8.74. The number of nitrogens with zero attached hydrogens (tertiary/aromatic N) is 2. The highest BCUT2D eigenvalue weighted by molar-refractivity contribution is 6.31. The number of rotatable bonds is 3. The number of halogens is 1. The Morgan fingerprint density at radius 2 is 2.22 bits per heavy atom. The molecule has 1 atom stereocenters. The summed E-state index contributed by atoms with van der Waals surface area (Å²) in [6.07, 6.45) is 5.14. The molecule has 3 nitrogen and oxygen atoms in total. The number of nitrogens with two attached hydrogens (primary N) is 1. The fraction of sp³-hybridized carbons (Fsp3) is 0.643. The van der Waals surface area contributed by atoms with Gasteiger partial charge in [0.05, 0.1) is 10.7 Å². The van der Waals surface area contributed by atoms with Gasteiger partial charge in [-0.2, -0.15) is 0 Å². The second-order valence-electron chi connectivity index (χ2n) is 4.99. The Morgan fingerprint density at radius 3 is 2.94 bits per heavy atom. The summed E-state index contributed by atoms with van der Waals surface area (Å²) in [7, 11) is 0. The molecule has 2 N–H and O–H groups in total. The first-order valence-corrected chi connectivity index (χ1v) is 7.22. The maximum absolute atomic E-state index is 6.05. The minimum Gasteiger partial charge on any atom is -0.357 e. The number of hydrogen-bond acceptors (Lipinski definition) is 3. The highest BCUT2D eigenvalue weighted by Gasteiger charge is 2.17. The van der Waals surface area contributed by atoms with Gasteiger partial charge in [0.2, 0.25) is 0 Å². The lowest BCUT2D eigenvalue weighted by Gasteiger charge is -2.22. The van der Waals surface area contributed by atoms with Crippen LogP contribution >= 0.6 is 11.6 Å². The van der Waals surface area contributed by atoms with Crippen LogP contribution in [0.25, 0.3) is 0 Å². The number of aromatic nitrogens is 1. The molecule has 1 aromatic rings. The molecule has 2 heterocycles. The van der Waals surface area contributed by atoms with E-state index in [0.717, 1.165) is 30.5 Å². The maximum Gasteiger partial charge on any atom is 0.128 e. The summed E-state index contributed by atoms with van der Waals surface area (Å²) < 4.78 is 0. The summed E-state index contributed by atoms with van der Waals surface area (Å²) in [6, 6.07) is 3.92. The van der Waals surface area contributed by atoms with Gasteiger partial charge in [-0.3, -0.25) is 0 Å². The minimum absolute atomic E-state index is 0.401. The fourth-order valence-corrected chi connectivity index (χ4v) is 2.78. The molecule has 1 aromatic heterocycles. The third-order valence-electron chi connectivity index (χ3n) is 3.85. The van der Waals surface area contributed by atoms with E-state index in [1.807, 2.05) is 12.1 Å². The number of hydrogen-bond donors (Lipinski definition) is 1. The molecule has 2 rings (SSSR count). The SMILES string of the molecule is CCC1CCCN(c2ccc(Cl)c(CN)n2)CC1. The quantitative estimate of drug-likeness (QED) is 0.914. The Balaban J connectivity index is 2.11. The van der Waals surface area contributed by atoms with Crippen molar-refractivity contribution in [2.24, 2.45) is 11.7 Å². The first-order valence-electron chi connectivity index (χ1n) is 6.85. The van der Waals surface area contributed by atoms with Crippen LogP contribution < -0.4 is 10.6 Å². The average Bonchev–Trinajstić information content (AvgIpc) is 2.64. The van der Waals surface area contributed by atoms with Crippen LogP contribution in [0.1, 0.15) is 38.3 Å². The molecule has 1 fully saturated rings. The van der Waals surface area contributed by atoms with Crippen molar-refractivity contribution in [2.45, 2.75) is 39.2 Å². The molecule has 0 spiro atoms. The van der Waals surface area contributed by atoms with Crippen molar-refractivity contribution in [1.82, 2.24) is 4.98 Å².